The van der Waals surface area contributed by atoms with Crippen LogP contribution in [0.2, 0.25) is 0 Å². The van der Waals surface area contributed by atoms with Crippen LogP contribution in [0.4, 0.5) is 0 Å². The molecular weight excluding hydrogens is 258 g/mol. The summed E-state index contributed by atoms with van der Waals surface area (Å²) in [7, 11) is 1.77. The second kappa shape index (κ2) is 5.46. The number of amides is 1. The Hall–Kier alpha value is -2.15. The van der Waals surface area contributed by atoms with Gasteiger partial charge in [0.1, 0.15) is 17.1 Å². The lowest BCUT2D eigenvalue weighted by molar-refractivity contribution is 0.0524. The number of aliphatic hydroxyl groups is 1. The number of carbonyl (C=O) groups is 1. The summed E-state index contributed by atoms with van der Waals surface area (Å²) >= 11 is 0. The molecule has 0 fully saturated rings. The first kappa shape index (κ1) is 14.3. The molecule has 2 aromatic heterocycles. The summed E-state index contributed by atoms with van der Waals surface area (Å²) in [5.41, 5.74) is -0.125. The van der Waals surface area contributed by atoms with Crippen LogP contribution in [-0.2, 0) is 19.1 Å². The minimum atomic E-state index is -1.17. The third-order valence-corrected chi connectivity index (χ3v) is 3.13. The molecule has 0 spiro atoms. The van der Waals surface area contributed by atoms with Crippen LogP contribution in [0.3, 0.4) is 0 Å². The number of carbonyl (C=O) groups excluding carboxylic acids is 1. The van der Waals surface area contributed by atoms with Crippen molar-refractivity contribution < 1.29 is 9.90 Å². The molecule has 2 rings (SSSR count). The zero-order valence-electron chi connectivity index (χ0n) is 11.8. The Bertz CT molecular complexity index is 599. The highest BCUT2D eigenvalue weighted by Gasteiger charge is 2.25. The van der Waals surface area contributed by atoms with Crippen LogP contribution < -0.4 is 5.32 Å². The smallest absolute Gasteiger partial charge is 0.269 e. The lowest BCUT2D eigenvalue weighted by Crippen LogP contribution is -2.38. The summed E-state index contributed by atoms with van der Waals surface area (Å²) in [5.74, 6) is 0.468. The van der Waals surface area contributed by atoms with Crippen LogP contribution in [0.1, 0.15) is 35.7 Å². The highest BCUT2D eigenvalue weighted by molar-refractivity contribution is 5.92. The Morgan fingerprint density at radius 1 is 1.55 bits per heavy atom. The third-order valence-electron chi connectivity index (χ3n) is 3.13. The first-order chi connectivity index (χ1) is 9.42. The number of hydrogen-bond acceptors (Lipinski definition) is 4. The molecule has 0 aliphatic heterocycles. The molecule has 1 amide bonds. The first-order valence-electron chi connectivity index (χ1n) is 6.46. The number of rotatable bonds is 5. The van der Waals surface area contributed by atoms with E-state index in [9.17, 15) is 9.90 Å². The van der Waals surface area contributed by atoms with Gasteiger partial charge in [0.05, 0.1) is 18.9 Å². The first-order valence-corrected chi connectivity index (χ1v) is 6.46. The molecule has 0 aromatic carbocycles. The molecule has 1 unspecified atom stereocenters. The van der Waals surface area contributed by atoms with E-state index in [2.05, 4.69) is 20.4 Å². The molecule has 0 bridgehead atoms. The number of hydrogen-bond donors (Lipinski definition) is 3. The van der Waals surface area contributed by atoms with Crippen LogP contribution in [0.25, 0.3) is 0 Å². The van der Waals surface area contributed by atoms with Crippen molar-refractivity contribution in [1.29, 1.82) is 0 Å². The van der Waals surface area contributed by atoms with Gasteiger partial charge >= 0.3 is 0 Å². The molecule has 0 saturated carbocycles. The molecule has 7 nitrogen and oxygen atoms in total. The maximum Gasteiger partial charge on any atom is 0.269 e. The van der Waals surface area contributed by atoms with Crippen molar-refractivity contribution in [3.8, 4) is 0 Å². The molecule has 3 N–H and O–H groups in total. The Kier molecular flexibility index (Phi) is 3.89. The number of nitrogens with one attached hydrogen (secondary N) is 2. The molecular formula is C13H19N5O2. The summed E-state index contributed by atoms with van der Waals surface area (Å²) < 4.78 is 1.61. The van der Waals surface area contributed by atoms with Gasteiger partial charge < -0.3 is 15.4 Å². The van der Waals surface area contributed by atoms with E-state index in [1.165, 1.54) is 6.20 Å². The molecule has 108 valence electrons. The van der Waals surface area contributed by atoms with Crippen molar-refractivity contribution in [3.05, 3.63) is 35.7 Å². The topological polar surface area (TPSA) is 95.8 Å². The van der Waals surface area contributed by atoms with Crippen molar-refractivity contribution in [2.45, 2.75) is 25.9 Å². The van der Waals surface area contributed by atoms with Crippen molar-refractivity contribution in [2.75, 3.05) is 6.54 Å². The van der Waals surface area contributed by atoms with E-state index in [1.807, 2.05) is 6.92 Å². The van der Waals surface area contributed by atoms with Crippen molar-refractivity contribution in [2.24, 2.45) is 7.05 Å². The van der Waals surface area contributed by atoms with E-state index in [-0.39, 0.29) is 12.5 Å². The number of nitrogens with zero attached hydrogens (tertiary/aromatic N) is 3. The Morgan fingerprint density at radius 2 is 2.30 bits per heavy atom. The van der Waals surface area contributed by atoms with Crippen molar-refractivity contribution >= 4 is 5.91 Å². The molecule has 2 aromatic rings. The van der Waals surface area contributed by atoms with Crippen LogP contribution in [-0.4, -0.2) is 37.3 Å². The molecule has 7 heteroatoms. The number of aromatic amines is 1. The lowest BCUT2D eigenvalue weighted by atomic mass is 10.00. The van der Waals surface area contributed by atoms with E-state index in [0.29, 0.717) is 11.3 Å². The van der Waals surface area contributed by atoms with E-state index >= 15 is 0 Å². The largest absolute Gasteiger partial charge is 0.383 e. The summed E-state index contributed by atoms with van der Waals surface area (Å²) in [6.07, 6.45) is 5.53. The van der Waals surface area contributed by atoms with Crippen LogP contribution >= 0.6 is 0 Å². The average molecular weight is 277 g/mol. The Morgan fingerprint density at radius 3 is 2.85 bits per heavy atom. The second-order valence-electron chi connectivity index (χ2n) is 4.96. The van der Waals surface area contributed by atoms with Gasteiger partial charge in [-0.15, -0.1) is 0 Å². The number of aromatic nitrogens is 4. The number of imidazole rings is 1. The van der Waals surface area contributed by atoms with E-state index in [0.717, 1.165) is 12.2 Å². The molecule has 0 saturated heterocycles. The van der Waals surface area contributed by atoms with Gasteiger partial charge in [-0.05, 0) is 6.92 Å². The van der Waals surface area contributed by atoms with Gasteiger partial charge in [0.2, 0.25) is 0 Å². The van der Waals surface area contributed by atoms with Gasteiger partial charge in [-0.3, -0.25) is 9.48 Å². The predicted octanol–water partition coefficient (Wildman–Crippen LogP) is 0.343. The van der Waals surface area contributed by atoms with E-state index in [4.69, 9.17) is 0 Å². The molecule has 0 aliphatic carbocycles. The van der Waals surface area contributed by atoms with Crippen LogP contribution in [0.5, 0.6) is 0 Å². The molecule has 0 aliphatic rings. The predicted molar refractivity (Wildman–Crippen MR) is 73.1 cm³/mol. The van der Waals surface area contributed by atoms with Crippen molar-refractivity contribution in [3.63, 3.8) is 0 Å². The van der Waals surface area contributed by atoms with Gasteiger partial charge in [-0.25, -0.2) is 4.98 Å². The minimum Gasteiger partial charge on any atom is -0.383 e. The molecule has 0 radical (unpaired) electrons. The van der Waals surface area contributed by atoms with Crippen LogP contribution in [0, 0.1) is 0 Å². The summed E-state index contributed by atoms with van der Waals surface area (Å²) in [6.45, 7) is 3.68. The molecule has 1 atom stereocenters. The number of H-pyrrole nitrogens is 1. The van der Waals surface area contributed by atoms with Crippen molar-refractivity contribution in [1.82, 2.24) is 25.1 Å². The van der Waals surface area contributed by atoms with Gasteiger partial charge in [0.15, 0.2) is 0 Å². The molecule has 2 heterocycles. The van der Waals surface area contributed by atoms with Crippen LogP contribution in [0.15, 0.2) is 18.6 Å². The fraction of sp³-hybridized carbons (Fsp3) is 0.462. The van der Waals surface area contributed by atoms with Gasteiger partial charge in [-0.2, -0.15) is 5.10 Å². The zero-order valence-corrected chi connectivity index (χ0v) is 11.8. The zero-order chi connectivity index (χ0) is 14.8. The fourth-order valence-corrected chi connectivity index (χ4v) is 1.81. The highest BCUT2D eigenvalue weighted by Crippen LogP contribution is 2.18. The normalized spacial score (nSPS) is 14.0. The molecule has 20 heavy (non-hydrogen) atoms. The lowest BCUT2D eigenvalue weighted by Gasteiger charge is -2.22. The second-order valence-corrected chi connectivity index (χ2v) is 4.96. The van der Waals surface area contributed by atoms with Gasteiger partial charge in [-0.1, -0.05) is 6.92 Å². The monoisotopic (exact) mass is 277 g/mol. The fourth-order valence-electron chi connectivity index (χ4n) is 1.81. The standard InChI is InChI=1S/C13H19N5O2/c1-4-11-14-6-10(17-11)12(19)15-8-13(2,20)9-5-16-18(3)7-9/h5-7,20H,4,8H2,1-3H3,(H,14,17)(H,15,19). The quantitative estimate of drug-likeness (QED) is 0.734. The number of aryl methyl sites for hydroxylation is 2. The van der Waals surface area contributed by atoms with Gasteiger partial charge in [0, 0.05) is 25.2 Å². The summed E-state index contributed by atoms with van der Waals surface area (Å²) in [6, 6.07) is 0. The summed E-state index contributed by atoms with van der Waals surface area (Å²) in [5, 5.41) is 17.0. The van der Waals surface area contributed by atoms with E-state index in [1.54, 1.807) is 31.0 Å². The van der Waals surface area contributed by atoms with Gasteiger partial charge in [0.25, 0.3) is 5.91 Å². The Labute approximate surface area is 117 Å². The third kappa shape index (κ3) is 3.05. The maximum absolute atomic E-state index is 11.9. The Balaban J connectivity index is 1.98. The summed E-state index contributed by atoms with van der Waals surface area (Å²) in [4.78, 5) is 18.9. The average Bonchev–Trinajstić information content (AvgIpc) is 3.04. The van der Waals surface area contributed by atoms with E-state index < -0.39 is 5.60 Å². The highest BCUT2D eigenvalue weighted by atomic mass is 16.3. The minimum absolute atomic E-state index is 0.0952. The SMILES string of the molecule is CCc1ncc(C(=O)NCC(C)(O)c2cnn(C)c2)[nH]1. The maximum atomic E-state index is 11.9.